The fourth-order valence-corrected chi connectivity index (χ4v) is 2.46. The lowest BCUT2D eigenvalue weighted by molar-refractivity contribution is 0.0943. The van der Waals surface area contributed by atoms with Gasteiger partial charge in [0, 0.05) is 23.5 Å². The molecule has 0 radical (unpaired) electrons. The minimum Gasteiger partial charge on any atom is -0.362 e. The number of nitrogens with zero attached hydrogens (tertiary/aromatic N) is 1. The Morgan fingerprint density at radius 2 is 2.18 bits per heavy atom. The van der Waals surface area contributed by atoms with Crippen LogP contribution in [0.5, 0.6) is 0 Å². The van der Waals surface area contributed by atoms with E-state index in [2.05, 4.69) is 16.8 Å². The fourth-order valence-electron chi connectivity index (χ4n) is 2.46. The molecule has 1 aliphatic carbocycles. The summed E-state index contributed by atoms with van der Waals surface area (Å²) in [6.07, 6.45) is 1.32. The summed E-state index contributed by atoms with van der Waals surface area (Å²) in [6.45, 7) is 7.80. The van der Waals surface area contributed by atoms with Gasteiger partial charge in [-0.1, -0.05) is 6.92 Å². The summed E-state index contributed by atoms with van der Waals surface area (Å²) in [5.74, 6) is 1.88. The minimum atomic E-state index is 0.225. The number of Topliss-reactive ketones (excluding diaryl/α,β-unsaturated/α-hetero) is 1. The lowest BCUT2D eigenvalue weighted by Gasteiger charge is -2.15. The van der Waals surface area contributed by atoms with E-state index in [1.807, 2.05) is 27.0 Å². The molecule has 0 aliphatic heterocycles. The molecule has 1 saturated carbocycles. The second kappa shape index (κ2) is 4.65. The van der Waals surface area contributed by atoms with Gasteiger partial charge in [0.15, 0.2) is 5.78 Å². The second-order valence-corrected chi connectivity index (χ2v) is 5.58. The van der Waals surface area contributed by atoms with Crippen molar-refractivity contribution < 1.29 is 4.79 Å². The Hall–Kier alpha value is -1.09. The number of hydrogen-bond acceptors (Lipinski definition) is 2. The van der Waals surface area contributed by atoms with Crippen LogP contribution < -0.4 is 0 Å². The topological polar surface area (TPSA) is 36.1 Å². The van der Waals surface area contributed by atoms with Crippen LogP contribution in [-0.4, -0.2) is 35.8 Å². The fraction of sp³-hybridized carbons (Fsp3) is 0.643. The van der Waals surface area contributed by atoms with Crippen molar-refractivity contribution >= 4 is 5.78 Å². The van der Waals surface area contributed by atoms with Crippen LogP contribution in [0.1, 0.15) is 35.1 Å². The summed E-state index contributed by atoms with van der Waals surface area (Å²) in [7, 11) is 2.04. The van der Waals surface area contributed by atoms with Crippen LogP contribution in [0.4, 0.5) is 0 Å². The molecule has 0 amide bonds. The normalized spacial score (nSPS) is 23.1. The van der Waals surface area contributed by atoms with Gasteiger partial charge in [0.05, 0.1) is 6.54 Å². The van der Waals surface area contributed by atoms with E-state index < -0.39 is 0 Å². The van der Waals surface area contributed by atoms with E-state index in [1.165, 1.54) is 6.42 Å². The lowest BCUT2D eigenvalue weighted by Crippen LogP contribution is -2.28. The maximum Gasteiger partial charge on any atom is 0.178 e. The highest BCUT2D eigenvalue weighted by molar-refractivity contribution is 5.98. The minimum absolute atomic E-state index is 0.225. The molecule has 2 rings (SSSR count). The third kappa shape index (κ3) is 2.97. The third-order valence-electron chi connectivity index (χ3n) is 3.69. The van der Waals surface area contributed by atoms with Crippen molar-refractivity contribution in [3.63, 3.8) is 0 Å². The van der Waals surface area contributed by atoms with Gasteiger partial charge in [0.25, 0.3) is 0 Å². The number of ketones is 1. The highest BCUT2D eigenvalue weighted by atomic mass is 16.1. The first kappa shape index (κ1) is 12.4. The monoisotopic (exact) mass is 234 g/mol. The van der Waals surface area contributed by atoms with E-state index in [4.69, 9.17) is 0 Å². The molecule has 0 bridgehead atoms. The zero-order valence-electron chi connectivity index (χ0n) is 11.2. The standard InChI is InChI=1S/C14H22N2O/c1-9-5-12(9)7-16(4)8-14(17)13-6-10(2)15-11(13)3/h6,9,12,15H,5,7-8H2,1-4H3. The van der Waals surface area contributed by atoms with Crippen molar-refractivity contribution in [1.82, 2.24) is 9.88 Å². The Kier molecular flexibility index (Phi) is 3.38. The number of aromatic amines is 1. The largest absolute Gasteiger partial charge is 0.362 e. The first-order valence-electron chi connectivity index (χ1n) is 6.35. The Labute approximate surface area is 103 Å². The van der Waals surface area contributed by atoms with Crippen LogP contribution in [0.3, 0.4) is 0 Å². The van der Waals surface area contributed by atoms with Crippen LogP contribution in [0.15, 0.2) is 6.07 Å². The quantitative estimate of drug-likeness (QED) is 0.794. The van der Waals surface area contributed by atoms with Crippen molar-refractivity contribution in [1.29, 1.82) is 0 Å². The van der Waals surface area contributed by atoms with Gasteiger partial charge < -0.3 is 4.98 Å². The zero-order valence-corrected chi connectivity index (χ0v) is 11.2. The number of nitrogens with one attached hydrogen (secondary N) is 1. The number of carbonyl (C=O) groups is 1. The summed E-state index contributed by atoms with van der Waals surface area (Å²) in [6, 6.07) is 1.95. The summed E-state index contributed by atoms with van der Waals surface area (Å²) in [5.41, 5.74) is 2.89. The summed E-state index contributed by atoms with van der Waals surface area (Å²) < 4.78 is 0. The summed E-state index contributed by atoms with van der Waals surface area (Å²) >= 11 is 0. The van der Waals surface area contributed by atoms with Gasteiger partial charge >= 0.3 is 0 Å². The third-order valence-corrected chi connectivity index (χ3v) is 3.69. The van der Waals surface area contributed by atoms with E-state index in [-0.39, 0.29) is 5.78 Å². The van der Waals surface area contributed by atoms with Gasteiger partial charge in [0.1, 0.15) is 0 Å². The highest BCUT2D eigenvalue weighted by Crippen LogP contribution is 2.37. The second-order valence-electron chi connectivity index (χ2n) is 5.58. The first-order chi connectivity index (χ1) is 7.97. The van der Waals surface area contributed by atoms with Gasteiger partial charge in [-0.05, 0) is 45.2 Å². The van der Waals surface area contributed by atoms with Crippen LogP contribution in [0.2, 0.25) is 0 Å². The van der Waals surface area contributed by atoms with E-state index in [0.717, 1.165) is 35.3 Å². The van der Waals surface area contributed by atoms with Crippen LogP contribution in [0.25, 0.3) is 0 Å². The van der Waals surface area contributed by atoms with Crippen LogP contribution in [-0.2, 0) is 0 Å². The Morgan fingerprint density at radius 3 is 2.65 bits per heavy atom. The van der Waals surface area contributed by atoms with E-state index in [9.17, 15) is 4.79 Å². The average Bonchev–Trinajstić information content (AvgIpc) is 2.77. The Balaban J connectivity index is 1.90. The number of aromatic nitrogens is 1. The Morgan fingerprint density at radius 1 is 1.53 bits per heavy atom. The predicted molar refractivity (Wildman–Crippen MR) is 69.4 cm³/mol. The predicted octanol–water partition coefficient (Wildman–Crippen LogP) is 2.40. The number of H-pyrrole nitrogens is 1. The van der Waals surface area contributed by atoms with Crippen molar-refractivity contribution in [3.05, 3.63) is 23.0 Å². The number of likely N-dealkylation sites (N-methyl/N-ethyl adjacent to an activating group) is 1. The molecule has 1 N–H and O–H groups in total. The molecule has 2 atom stereocenters. The zero-order chi connectivity index (χ0) is 12.6. The van der Waals surface area contributed by atoms with Crippen molar-refractivity contribution in [2.24, 2.45) is 11.8 Å². The maximum absolute atomic E-state index is 12.1. The SMILES string of the molecule is Cc1cc(C(=O)CN(C)CC2CC2C)c(C)[nH]1. The molecule has 1 heterocycles. The van der Waals surface area contributed by atoms with Crippen LogP contribution in [0, 0.1) is 25.7 Å². The van der Waals surface area contributed by atoms with Gasteiger partial charge in [-0.15, -0.1) is 0 Å². The Bertz CT molecular complexity index is 422. The molecule has 0 aromatic carbocycles. The molecule has 17 heavy (non-hydrogen) atoms. The van der Waals surface area contributed by atoms with E-state index in [1.54, 1.807) is 0 Å². The van der Waals surface area contributed by atoms with E-state index in [0.29, 0.717) is 6.54 Å². The maximum atomic E-state index is 12.1. The van der Waals surface area contributed by atoms with Gasteiger partial charge in [-0.2, -0.15) is 0 Å². The molecule has 1 aromatic heterocycles. The number of hydrogen-bond donors (Lipinski definition) is 1. The summed E-state index contributed by atoms with van der Waals surface area (Å²) in [4.78, 5) is 17.4. The molecule has 3 heteroatoms. The molecular formula is C14H22N2O. The van der Waals surface area contributed by atoms with Gasteiger partial charge in [-0.3, -0.25) is 9.69 Å². The van der Waals surface area contributed by atoms with E-state index >= 15 is 0 Å². The molecular weight excluding hydrogens is 212 g/mol. The highest BCUT2D eigenvalue weighted by Gasteiger charge is 2.33. The number of aryl methyl sites for hydroxylation is 2. The van der Waals surface area contributed by atoms with Crippen LogP contribution >= 0.6 is 0 Å². The lowest BCUT2D eigenvalue weighted by atomic mass is 10.1. The smallest absolute Gasteiger partial charge is 0.178 e. The van der Waals surface area contributed by atoms with Crippen molar-refractivity contribution in [2.75, 3.05) is 20.1 Å². The molecule has 0 spiro atoms. The van der Waals surface area contributed by atoms with Crippen molar-refractivity contribution in [3.8, 4) is 0 Å². The van der Waals surface area contributed by atoms with Gasteiger partial charge in [-0.25, -0.2) is 0 Å². The molecule has 0 saturated heterocycles. The molecule has 2 unspecified atom stereocenters. The molecule has 1 aliphatic rings. The number of rotatable bonds is 5. The number of carbonyl (C=O) groups excluding carboxylic acids is 1. The molecule has 1 fully saturated rings. The average molecular weight is 234 g/mol. The molecule has 1 aromatic rings. The molecule has 3 nitrogen and oxygen atoms in total. The van der Waals surface area contributed by atoms with Crippen molar-refractivity contribution in [2.45, 2.75) is 27.2 Å². The first-order valence-corrected chi connectivity index (χ1v) is 6.35. The van der Waals surface area contributed by atoms with Gasteiger partial charge in [0.2, 0.25) is 0 Å². The summed E-state index contributed by atoms with van der Waals surface area (Å²) in [5, 5.41) is 0. The molecule has 94 valence electrons.